The highest BCUT2D eigenvalue weighted by Gasteiger charge is 2.30. The molecule has 2 aliphatic rings. The molecule has 0 radical (unpaired) electrons. The van der Waals surface area contributed by atoms with Gasteiger partial charge in [0.2, 0.25) is 0 Å². The average Bonchev–Trinajstić information content (AvgIpc) is 2.26. The predicted molar refractivity (Wildman–Crippen MR) is 55.4 cm³/mol. The molecular weight excluding hydrogens is 174 g/mol. The van der Waals surface area contributed by atoms with Gasteiger partial charge in [-0.05, 0) is 17.5 Å². The quantitative estimate of drug-likeness (QED) is 0.661. The van der Waals surface area contributed by atoms with E-state index in [1.807, 2.05) is 0 Å². The van der Waals surface area contributed by atoms with E-state index in [1.165, 1.54) is 11.1 Å². The summed E-state index contributed by atoms with van der Waals surface area (Å²) < 4.78 is 5.78. The van der Waals surface area contributed by atoms with Crippen LogP contribution in [0.2, 0.25) is 0 Å². The summed E-state index contributed by atoms with van der Waals surface area (Å²) in [6, 6.07) is 9.25. The third-order valence-corrected chi connectivity index (χ3v) is 3.27. The maximum Gasteiger partial charge on any atom is 0.0772 e. The SMILES string of the molecule is c1ccc2c(c1)CC1NCCOC1C2. The highest BCUT2D eigenvalue weighted by molar-refractivity contribution is 5.31. The normalized spacial score (nSPS) is 30.6. The van der Waals surface area contributed by atoms with E-state index in [2.05, 4.69) is 29.6 Å². The molecule has 74 valence electrons. The van der Waals surface area contributed by atoms with Crippen molar-refractivity contribution in [2.75, 3.05) is 13.2 Å². The van der Waals surface area contributed by atoms with E-state index < -0.39 is 0 Å². The van der Waals surface area contributed by atoms with Crippen molar-refractivity contribution in [2.24, 2.45) is 0 Å². The van der Waals surface area contributed by atoms with Crippen molar-refractivity contribution in [2.45, 2.75) is 25.0 Å². The number of hydrogen-bond acceptors (Lipinski definition) is 2. The molecule has 2 heteroatoms. The van der Waals surface area contributed by atoms with E-state index in [-0.39, 0.29) is 0 Å². The van der Waals surface area contributed by atoms with Crippen LogP contribution in [0, 0.1) is 0 Å². The molecule has 0 bridgehead atoms. The summed E-state index contributed by atoms with van der Waals surface area (Å²) in [5.41, 5.74) is 2.96. The first-order chi connectivity index (χ1) is 6.93. The van der Waals surface area contributed by atoms with Crippen LogP contribution in [0.3, 0.4) is 0 Å². The average molecular weight is 189 g/mol. The molecule has 0 spiro atoms. The first-order valence-electron chi connectivity index (χ1n) is 5.35. The van der Waals surface area contributed by atoms with Gasteiger partial charge in [0.15, 0.2) is 0 Å². The van der Waals surface area contributed by atoms with Crippen LogP contribution in [0.4, 0.5) is 0 Å². The summed E-state index contributed by atoms with van der Waals surface area (Å²) in [4.78, 5) is 0. The molecular formula is C12H15NO. The van der Waals surface area contributed by atoms with Crippen LogP contribution >= 0.6 is 0 Å². The third kappa shape index (κ3) is 1.35. The maximum atomic E-state index is 5.78. The zero-order chi connectivity index (χ0) is 9.38. The number of benzene rings is 1. The predicted octanol–water partition coefficient (Wildman–Crippen LogP) is 1.14. The summed E-state index contributed by atoms with van der Waals surface area (Å²) >= 11 is 0. The fourth-order valence-electron chi connectivity index (χ4n) is 2.52. The molecule has 1 heterocycles. The zero-order valence-electron chi connectivity index (χ0n) is 8.20. The topological polar surface area (TPSA) is 21.3 Å². The highest BCUT2D eigenvalue weighted by Crippen LogP contribution is 2.24. The summed E-state index contributed by atoms with van der Waals surface area (Å²) in [5, 5.41) is 3.54. The van der Waals surface area contributed by atoms with Crippen molar-refractivity contribution >= 4 is 0 Å². The lowest BCUT2D eigenvalue weighted by Crippen LogP contribution is -2.52. The fraction of sp³-hybridized carbons (Fsp3) is 0.500. The Morgan fingerprint density at radius 1 is 1.14 bits per heavy atom. The Morgan fingerprint density at radius 2 is 1.93 bits per heavy atom. The van der Waals surface area contributed by atoms with Gasteiger partial charge < -0.3 is 10.1 Å². The van der Waals surface area contributed by atoms with Gasteiger partial charge in [-0.1, -0.05) is 24.3 Å². The second kappa shape index (κ2) is 3.37. The molecule has 0 saturated carbocycles. The number of rotatable bonds is 0. The molecule has 0 aromatic heterocycles. The Morgan fingerprint density at radius 3 is 2.79 bits per heavy atom. The molecule has 1 aliphatic heterocycles. The summed E-state index contributed by atoms with van der Waals surface area (Å²) in [5.74, 6) is 0. The van der Waals surface area contributed by atoms with Gasteiger partial charge in [0.25, 0.3) is 0 Å². The van der Waals surface area contributed by atoms with E-state index in [0.717, 1.165) is 26.0 Å². The Labute approximate surface area is 84.3 Å². The maximum absolute atomic E-state index is 5.78. The molecule has 1 aromatic carbocycles. The highest BCUT2D eigenvalue weighted by atomic mass is 16.5. The summed E-state index contributed by atoms with van der Waals surface area (Å²) in [6.07, 6.45) is 2.60. The van der Waals surface area contributed by atoms with E-state index in [9.17, 15) is 0 Å². The van der Waals surface area contributed by atoms with Gasteiger partial charge >= 0.3 is 0 Å². The minimum atomic E-state index is 0.402. The van der Waals surface area contributed by atoms with E-state index in [0.29, 0.717) is 12.1 Å². The van der Waals surface area contributed by atoms with Crippen molar-refractivity contribution in [3.63, 3.8) is 0 Å². The second-order valence-corrected chi connectivity index (χ2v) is 4.15. The Hall–Kier alpha value is -0.860. The molecule has 1 saturated heterocycles. The van der Waals surface area contributed by atoms with Gasteiger partial charge in [-0.3, -0.25) is 0 Å². The van der Waals surface area contributed by atoms with Crippen LogP contribution < -0.4 is 5.32 Å². The lowest BCUT2D eigenvalue weighted by atomic mass is 9.85. The molecule has 2 unspecified atom stereocenters. The third-order valence-electron chi connectivity index (χ3n) is 3.27. The molecule has 1 N–H and O–H groups in total. The number of nitrogens with one attached hydrogen (secondary N) is 1. The Bertz CT molecular complexity index is 304. The van der Waals surface area contributed by atoms with Crippen molar-refractivity contribution in [3.05, 3.63) is 35.4 Å². The zero-order valence-corrected chi connectivity index (χ0v) is 8.20. The van der Waals surface area contributed by atoms with Crippen molar-refractivity contribution in [1.82, 2.24) is 5.32 Å². The van der Waals surface area contributed by atoms with Gasteiger partial charge in [0.05, 0.1) is 12.7 Å². The first-order valence-corrected chi connectivity index (χ1v) is 5.35. The van der Waals surface area contributed by atoms with E-state index >= 15 is 0 Å². The lowest BCUT2D eigenvalue weighted by molar-refractivity contribution is -0.00735. The van der Waals surface area contributed by atoms with Crippen LogP contribution in [-0.2, 0) is 17.6 Å². The molecule has 0 amide bonds. The van der Waals surface area contributed by atoms with Crippen molar-refractivity contribution < 1.29 is 4.74 Å². The molecule has 1 aromatic rings. The standard InChI is InChI=1S/C12H15NO/c1-2-4-10-8-12-11(7-9(10)3-1)13-5-6-14-12/h1-4,11-13H,5-8H2. The summed E-state index contributed by atoms with van der Waals surface area (Å²) in [7, 11) is 0. The summed E-state index contributed by atoms with van der Waals surface area (Å²) in [6.45, 7) is 1.87. The van der Waals surface area contributed by atoms with Gasteiger partial charge in [-0.25, -0.2) is 0 Å². The number of hydrogen-bond donors (Lipinski definition) is 1. The molecule has 1 fully saturated rings. The van der Waals surface area contributed by atoms with Crippen LogP contribution in [-0.4, -0.2) is 25.3 Å². The fourth-order valence-corrected chi connectivity index (χ4v) is 2.52. The van der Waals surface area contributed by atoms with Gasteiger partial charge in [-0.15, -0.1) is 0 Å². The molecule has 2 nitrogen and oxygen atoms in total. The van der Waals surface area contributed by atoms with E-state index in [4.69, 9.17) is 4.74 Å². The smallest absolute Gasteiger partial charge is 0.0772 e. The molecule has 14 heavy (non-hydrogen) atoms. The number of ether oxygens (including phenoxy) is 1. The minimum Gasteiger partial charge on any atom is -0.375 e. The van der Waals surface area contributed by atoms with E-state index in [1.54, 1.807) is 0 Å². The van der Waals surface area contributed by atoms with Crippen LogP contribution in [0.15, 0.2) is 24.3 Å². The Balaban J connectivity index is 1.91. The van der Waals surface area contributed by atoms with Gasteiger partial charge in [0, 0.05) is 19.0 Å². The second-order valence-electron chi connectivity index (χ2n) is 4.15. The molecule has 1 aliphatic carbocycles. The largest absolute Gasteiger partial charge is 0.375 e. The number of fused-ring (bicyclic) bond motifs is 2. The van der Waals surface area contributed by atoms with Crippen LogP contribution in [0.5, 0.6) is 0 Å². The first kappa shape index (κ1) is 8.45. The van der Waals surface area contributed by atoms with Gasteiger partial charge in [-0.2, -0.15) is 0 Å². The van der Waals surface area contributed by atoms with Crippen LogP contribution in [0.25, 0.3) is 0 Å². The monoisotopic (exact) mass is 189 g/mol. The van der Waals surface area contributed by atoms with Crippen molar-refractivity contribution in [3.8, 4) is 0 Å². The van der Waals surface area contributed by atoms with Crippen LogP contribution in [0.1, 0.15) is 11.1 Å². The lowest BCUT2D eigenvalue weighted by Gasteiger charge is -2.37. The number of morpholine rings is 1. The van der Waals surface area contributed by atoms with Crippen molar-refractivity contribution in [1.29, 1.82) is 0 Å². The Kier molecular flexibility index (Phi) is 2.03. The molecule has 2 atom stereocenters. The molecule has 3 rings (SSSR count). The van der Waals surface area contributed by atoms with Gasteiger partial charge in [0.1, 0.15) is 0 Å². The minimum absolute atomic E-state index is 0.402.